The van der Waals surface area contributed by atoms with Gasteiger partial charge in [-0.3, -0.25) is 9.10 Å². The van der Waals surface area contributed by atoms with Crippen LogP contribution in [-0.2, 0) is 16.6 Å². The summed E-state index contributed by atoms with van der Waals surface area (Å²) in [4.78, 5) is 12.8. The van der Waals surface area contributed by atoms with Gasteiger partial charge in [-0.2, -0.15) is 5.10 Å². The summed E-state index contributed by atoms with van der Waals surface area (Å²) in [5.41, 5.74) is 3.99. The van der Waals surface area contributed by atoms with Gasteiger partial charge in [0, 0.05) is 36.0 Å². The second kappa shape index (κ2) is 9.34. The summed E-state index contributed by atoms with van der Waals surface area (Å²) in [5, 5.41) is 7.59. The number of sulfonamides is 1. The molecule has 1 aliphatic rings. The molecule has 3 aromatic carbocycles. The molecular weight excluding hydrogens is 467 g/mol. The predicted molar refractivity (Wildman–Crippen MR) is 132 cm³/mol. The van der Waals surface area contributed by atoms with Crippen molar-refractivity contribution < 1.29 is 17.6 Å². The highest BCUT2D eigenvalue weighted by atomic mass is 32.2. The number of hydrogen-bond donors (Lipinski definition) is 1. The smallest absolute Gasteiger partial charge is 0.251 e. The predicted octanol–water partition coefficient (Wildman–Crippen LogP) is 4.15. The number of para-hydroxylation sites is 1. The average Bonchev–Trinajstić information content (AvgIpc) is 3.46. The average molecular weight is 491 g/mol. The molecule has 0 unspecified atom stereocenters. The van der Waals surface area contributed by atoms with Crippen LogP contribution in [0.1, 0.15) is 22.3 Å². The molecule has 1 aliphatic heterocycles. The number of carbonyl (C=O) groups excluding carboxylic acids is 1. The number of nitrogens with zero attached hydrogens (tertiary/aromatic N) is 3. The molecule has 0 saturated carbocycles. The molecule has 1 N–H and O–H groups in total. The molecule has 0 bridgehead atoms. The van der Waals surface area contributed by atoms with Crippen LogP contribution in [0, 0.1) is 5.82 Å². The fourth-order valence-corrected chi connectivity index (χ4v) is 5.65. The molecular formula is C26H23FN4O3S. The van der Waals surface area contributed by atoms with E-state index in [9.17, 15) is 17.6 Å². The van der Waals surface area contributed by atoms with E-state index in [0.717, 1.165) is 16.8 Å². The van der Waals surface area contributed by atoms with E-state index in [1.165, 1.54) is 16.4 Å². The molecule has 4 aromatic rings. The number of nitrogens with one attached hydrogen (secondary N) is 1. The third-order valence-corrected chi connectivity index (χ3v) is 7.75. The molecule has 9 heteroatoms. The standard InChI is InChI=1S/C26H23FN4O3S/c27-22-11-7-19(8-12-22)25-21(18-30(29-25)23-5-2-1-3-6-23)17-28-26(32)20-9-13-24(14-10-20)31-15-4-16-35(31,33)34/h1-3,5-14,18H,4,15-17H2,(H,28,32). The van der Waals surface area contributed by atoms with Gasteiger partial charge in [0.2, 0.25) is 10.0 Å². The molecule has 7 nitrogen and oxygen atoms in total. The van der Waals surface area contributed by atoms with E-state index in [1.54, 1.807) is 41.1 Å². The number of hydrogen-bond acceptors (Lipinski definition) is 4. The zero-order valence-corrected chi connectivity index (χ0v) is 19.6. The molecule has 178 valence electrons. The summed E-state index contributed by atoms with van der Waals surface area (Å²) in [6.07, 6.45) is 2.44. The van der Waals surface area contributed by atoms with E-state index in [0.29, 0.717) is 29.9 Å². The van der Waals surface area contributed by atoms with Gasteiger partial charge in [0.1, 0.15) is 5.82 Å². The van der Waals surface area contributed by atoms with Crippen molar-refractivity contribution in [2.45, 2.75) is 13.0 Å². The number of anilines is 1. The van der Waals surface area contributed by atoms with E-state index in [1.807, 2.05) is 36.5 Å². The minimum atomic E-state index is -3.27. The van der Waals surface area contributed by atoms with Crippen LogP contribution in [0.3, 0.4) is 0 Å². The molecule has 1 fully saturated rings. The van der Waals surface area contributed by atoms with Crippen LogP contribution in [0.25, 0.3) is 16.9 Å². The number of aromatic nitrogens is 2. The Hall–Kier alpha value is -3.98. The third kappa shape index (κ3) is 4.81. The lowest BCUT2D eigenvalue weighted by Gasteiger charge is -2.17. The Morgan fingerprint density at radius 3 is 2.31 bits per heavy atom. The van der Waals surface area contributed by atoms with Crippen LogP contribution >= 0.6 is 0 Å². The third-order valence-electron chi connectivity index (χ3n) is 5.88. The quantitative estimate of drug-likeness (QED) is 0.440. The monoisotopic (exact) mass is 490 g/mol. The van der Waals surface area contributed by atoms with E-state index in [-0.39, 0.29) is 24.0 Å². The van der Waals surface area contributed by atoms with Gasteiger partial charge in [0.25, 0.3) is 5.91 Å². The fraction of sp³-hybridized carbons (Fsp3) is 0.154. The fourth-order valence-electron chi connectivity index (χ4n) is 4.09. The van der Waals surface area contributed by atoms with Gasteiger partial charge < -0.3 is 5.32 Å². The lowest BCUT2D eigenvalue weighted by Crippen LogP contribution is -2.25. The van der Waals surface area contributed by atoms with Gasteiger partial charge in [-0.1, -0.05) is 18.2 Å². The van der Waals surface area contributed by atoms with Gasteiger partial charge in [0.05, 0.1) is 22.8 Å². The van der Waals surface area contributed by atoms with Gasteiger partial charge in [-0.05, 0) is 67.1 Å². The maximum absolute atomic E-state index is 13.5. The molecule has 0 atom stereocenters. The number of rotatable bonds is 6. The summed E-state index contributed by atoms with van der Waals surface area (Å²) in [6, 6.07) is 22.2. The largest absolute Gasteiger partial charge is 0.348 e. The molecule has 0 radical (unpaired) electrons. The maximum Gasteiger partial charge on any atom is 0.251 e. The van der Waals surface area contributed by atoms with Crippen molar-refractivity contribution in [1.29, 1.82) is 0 Å². The first-order valence-electron chi connectivity index (χ1n) is 11.2. The first-order valence-corrected chi connectivity index (χ1v) is 12.8. The molecule has 35 heavy (non-hydrogen) atoms. The summed E-state index contributed by atoms with van der Waals surface area (Å²) < 4.78 is 40.8. The summed E-state index contributed by atoms with van der Waals surface area (Å²) in [6.45, 7) is 0.659. The summed E-state index contributed by atoms with van der Waals surface area (Å²) in [7, 11) is -3.27. The number of halogens is 1. The Balaban J connectivity index is 1.36. The van der Waals surface area contributed by atoms with E-state index in [2.05, 4.69) is 10.4 Å². The number of benzene rings is 3. The highest BCUT2D eigenvalue weighted by Gasteiger charge is 2.28. The van der Waals surface area contributed by atoms with E-state index < -0.39 is 10.0 Å². The van der Waals surface area contributed by atoms with Crippen LogP contribution in [-0.4, -0.2) is 36.4 Å². The molecule has 0 spiro atoms. The van der Waals surface area contributed by atoms with Gasteiger partial charge in [0.15, 0.2) is 0 Å². The lowest BCUT2D eigenvalue weighted by atomic mass is 10.1. The Bertz CT molecular complexity index is 1450. The Morgan fingerprint density at radius 2 is 1.66 bits per heavy atom. The maximum atomic E-state index is 13.5. The van der Waals surface area contributed by atoms with Crippen LogP contribution < -0.4 is 9.62 Å². The first-order chi connectivity index (χ1) is 16.9. The zero-order valence-electron chi connectivity index (χ0n) is 18.8. The number of carbonyl (C=O) groups is 1. The van der Waals surface area contributed by atoms with Crippen molar-refractivity contribution in [3.05, 3.63) is 102 Å². The Morgan fingerprint density at radius 1 is 0.943 bits per heavy atom. The lowest BCUT2D eigenvalue weighted by molar-refractivity contribution is 0.0951. The molecule has 1 saturated heterocycles. The zero-order chi connectivity index (χ0) is 24.4. The molecule has 2 heterocycles. The Kier molecular flexibility index (Phi) is 6.08. The van der Waals surface area contributed by atoms with Crippen molar-refractivity contribution in [1.82, 2.24) is 15.1 Å². The van der Waals surface area contributed by atoms with Crippen molar-refractivity contribution >= 4 is 21.6 Å². The molecule has 1 aromatic heterocycles. The second-order valence-corrected chi connectivity index (χ2v) is 10.3. The van der Waals surface area contributed by atoms with Gasteiger partial charge in [-0.25, -0.2) is 17.5 Å². The van der Waals surface area contributed by atoms with Crippen molar-refractivity contribution in [3.8, 4) is 16.9 Å². The van der Waals surface area contributed by atoms with Crippen LogP contribution in [0.4, 0.5) is 10.1 Å². The summed E-state index contributed by atoms with van der Waals surface area (Å²) in [5.74, 6) is -0.489. The highest BCUT2D eigenvalue weighted by molar-refractivity contribution is 7.93. The number of amides is 1. The van der Waals surface area contributed by atoms with Crippen LogP contribution in [0.15, 0.2) is 85.1 Å². The first kappa shape index (κ1) is 22.8. The van der Waals surface area contributed by atoms with Crippen molar-refractivity contribution in [3.63, 3.8) is 0 Å². The van der Waals surface area contributed by atoms with Crippen LogP contribution in [0.5, 0.6) is 0 Å². The molecule has 1 amide bonds. The minimum Gasteiger partial charge on any atom is -0.348 e. The van der Waals surface area contributed by atoms with Crippen molar-refractivity contribution in [2.75, 3.05) is 16.6 Å². The molecule has 0 aliphatic carbocycles. The van der Waals surface area contributed by atoms with E-state index >= 15 is 0 Å². The van der Waals surface area contributed by atoms with Crippen molar-refractivity contribution in [2.24, 2.45) is 0 Å². The minimum absolute atomic E-state index is 0.141. The van der Waals surface area contributed by atoms with Gasteiger partial charge in [-0.15, -0.1) is 0 Å². The normalized spacial score (nSPS) is 14.7. The summed E-state index contributed by atoms with van der Waals surface area (Å²) >= 11 is 0. The SMILES string of the molecule is O=C(NCc1cn(-c2ccccc2)nc1-c1ccc(F)cc1)c1ccc(N2CCCS2(=O)=O)cc1. The molecule has 5 rings (SSSR count). The van der Waals surface area contributed by atoms with Gasteiger partial charge >= 0.3 is 0 Å². The Labute approximate surface area is 202 Å². The highest BCUT2D eigenvalue weighted by Crippen LogP contribution is 2.26. The van der Waals surface area contributed by atoms with Crippen LogP contribution in [0.2, 0.25) is 0 Å². The second-order valence-electron chi connectivity index (χ2n) is 8.26. The topological polar surface area (TPSA) is 84.3 Å². The van der Waals surface area contributed by atoms with E-state index in [4.69, 9.17) is 0 Å².